The molecule has 0 aliphatic rings. The van der Waals surface area contributed by atoms with Gasteiger partial charge in [-0.25, -0.2) is 0 Å². The summed E-state index contributed by atoms with van der Waals surface area (Å²) < 4.78 is 10.2. The molecule has 0 aliphatic heterocycles. The predicted octanol–water partition coefficient (Wildman–Crippen LogP) is 2.93. The number of ether oxygens (including phenoxy) is 2. The van der Waals surface area contributed by atoms with Gasteiger partial charge in [0.1, 0.15) is 23.1 Å². The molecule has 0 bridgehead atoms. The SMILES string of the molecule is COc1ccc(/C=C(\C#N)C(=O)NCc2ccc(OC)cc2)cc1. The van der Waals surface area contributed by atoms with Crippen LogP contribution in [0.25, 0.3) is 6.08 Å². The topological polar surface area (TPSA) is 71.3 Å². The molecule has 0 saturated carbocycles. The van der Waals surface area contributed by atoms with Crippen molar-refractivity contribution in [3.05, 3.63) is 65.2 Å². The minimum Gasteiger partial charge on any atom is -0.497 e. The van der Waals surface area contributed by atoms with E-state index in [4.69, 9.17) is 9.47 Å². The van der Waals surface area contributed by atoms with Gasteiger partial charge in [-0.3, -0.25) is 4.79 Å². The van der Waals surface area contributed by atoms with E-state index in [0.29, 0.717) is 6.54 Å². The third kappa shape index (κ3) is 4.62. The Morgan fingerprint density at radius 1 is 1.04 bits per heavy atom. The summed E-state index contributed by atoms with van der Waals surface area (Å²) in [6.07, 6.45) is 1.54. The van der Waals surface area contributed by atoms with Crippen molar-refractivity contribution < 1.29 is 14.3 Å². The summed E-state index contributed by atoms with van der Waals surface area (Å²) in [6, 6.07) is 16.4. The van der Waals surface area contributed by atoms with Crippen molar-refractivity contribution in [3.63, 3.8) is 0 Å². The van der Waals surface area contributed by atoms with Crippen LogP contribution in [0.3, 0.4) is 0 Å². The number of amides is 1. The van der Waals surface area contributed by atoms with Crippen LogP contribution in [0.15, 0.2) is 54.1 Å². The second kappa shape index (κ2) is 8.39. The van der Waals surface area contributed by atoms with Crippen LogP contribution < -0.4 is 14.8 Å². The molecule has 0 atom stereocenters. The van der Waals surface area contributed by atoms with E-state index in [1.54, 1.807) is 44.6 Å². The van der Waals surface area contributed by atoms with Gasteiger partial charge in [0.15, 0.2) is 0 Å². The van der Waals surface area contributed by atoms with Gasteiger partial charge in [-0.15, -0.1) is 0 Å². The lowest BCUT2D eigenvalue weighted by molar-refractivity contribution is -0.117. The van der Waals surface area contributed by atoms with Crippen LogP contribution in [0, 0.1) is 11.3 Å². The van der Waals surface area contributed by atoms with E-state index in [9.17, 15) is 10.1 Å². The Balaban J connectivity index is 2.02. The largest absolute Gasteiger partial charge is 0.497 e. The van der Waals surface area contributed by atoms with E-state index in [0.717, 1.165) is 22.6 Å². The van der Waals surface area contributed by atoms with Crippen LogP contribution in [0.2, 0.25) is 0 Å². The lowest BCUT2D eigenvalue weighted by Gasteiger charge is -2.06. The van der Waals surface area contributed by atoms with Crippen LogP contribution in [0.1, 0.15) is 11.1 Å². The molecule has 0 heterocycles. The van der Waals surface area contributed by atoms with Crippen molar-refractivity contribution in [2.45, 2.75) is 6.54 Å². The van der Waals surface area contributed by atoms with Gasteiger partial charge in [0, 0.05) is 6.54 Å². The zero-order chi connectivity index (χ0) is 17.4. The Morgan fingerprint density at radius 2 is 1.58 bits per heavy atom. The van der Waals surface area contributed by atoms with Crippen LogP contribution in [0.4, 0.5) is 0 Å². The Hall–Kier alpha value is -3.26. The molecule has 0 aliphatic carbocycles. The molecule has 0 aromatic heterocycles. The maximum Gasteiger partial charge on any atom is 0.262 e. The van der Waals surface area contributed by atoms with Gasteiger partial charge < -0.3 is 14.8 Å². The van der Waals surface area contributed by atoms with E-state index >= 15 is 0 Å². The Bertz CT molecular complexity index is 757. The summed E-state index contributed by atoms with van der Waals surface area (Å²) in [6.45, 7) is 0.338. The Morgan fingerprint density at radius 3 is 2.08 bits per heavy atom. The quantitative estimate of drug-likeness (QED) is 0.655. The van der Waals surface area contributed by atoms with E-state index in [-0.39, 0.29) is 5.57 Å². The number of carbonyl (C=O) groups is 1. The van der Waals surface area contributed by atoms with Crippen LogP contribution in [-0.2, 0) is 11.3 Å². The molecule has 0 fully saturated rings. The zero-order valence-corrected chi connectivity index (χ0v) is 13.6. The summed E-state index contributed by atoms with van der Waals surface area (Å²) >= 11 is 0. The summed E-state index contributed by atoms with van der Waals surface area (Å²) in [5.74, 6) is 1.06. The molecule has 2 aromatic carbocycles. The van der Waals surface area contributed by atoms with Gasteiger partial charge in [0.25, 0.3) is 5.91 Å². The number of hydrogen-bond donors (Lipinski definition) is 1. The van der Waals surface area contributed by atoms with Crippen molar-refractivity contribution in [3.8, 4) is 17.6 Å². The van der Waals surface area contributed by atoms with Crippen molar-refractivity contribution >= 4 is 12.0 Å². The van der Waals surface area contributed by atoms with Gasteiger partial charge in [-0.2, -0.15) is 5.26 Å². The lowest BCUT2D eigenvalue weighted by atomic mass is 10.1. The van der Waals surface area contributed by atoms with E-state index in [2.05, 4.69) is 5.32 Å². The molecular formula is C19H18N2O3. The Kier molecular flexibility index (Phi) is 5.98. The molecule has 0 saturated heterocycles. The normalized spacial score (nSPS) is 10.6. The molecule has 5 heteroatoms. The fourth-order valence-corrected chi connectivity index (χ4v) is 2.04. The summed E-state index contributed by atoms with van der Waals surface area (Å²) in [7, 11) is 3.18. The molecule has 0 spiro atoms. The van der Waals surface area contributed by atoms with Crippen LogP contribution >= 0.6 is 0 Å². The second-order valence-electron chi connectivity index (χ2n) is 4.97. The first-order valence-corrected chi connectivity index (χ1v) is 7.33. The monoisotopic (exact) mass is 322 g/mol. The third-order valence-corrected chi connectivity index (χ3v) is 3.40. The standard InChI is InChI=1S/C19H18N2O3/c1-23-17-7-3-14(4-8-17)11-16(12-20)19(22)21-13-15-5-9-18(24-2)10-6-15/h3-11H,13H2,1-2H3,(H,21,22)/b16-11+. The maximum absolute atomic E-state index is 12.1. The number of nitrogens with zero attached hydrogens (tertiary/aromatic N) is 1. The molecule has 2 rings (SSSR count). The van der Waals surface area contributed by atoms with Gasteiger partial charge in [0.2, 0.25) is 0 Å². The zero-order valence-electron chi connectivity index (χ0n) is 13.6. The van der Waals surface area contributed by atoms with E-state index in [1.165, 1.54) is 0 Å². The third-order valence-electron chi connectivity index (χ3n) is 3.40. The van der Waals surface area contributed by atoms with Crippen molar-refractivity contribution in [2.24, 2.45) is 0 Å². The summed E-state index contributed by atoms with van der Waals surface area (Å²) in [4.78, 5) is 12.1. The number of nitriles is 1. The predicted molar refractivity (Wildman–Crippen MR) is 91.4 cm³/mol. The number of carbonyl (C=O) groups excluding carboxylic acids is 1. The average Bonchev–Trinajstić information content (AvgIpc) is 2.65. The van der Waals surface area contributed by atoms with E-state index < -0.39 is 5.91 Å². The second-order valence-corrected chi connectivity index (χ2v) is 4.97. The molecular weight excluding hydrogens is 304 g/mol. The van der Waals surface area contributed by atoms with Gasteiger partial charge in [-0.05, 0) is 41.5 Å². The first-order valence-electron chi connectivity index (χ1n) is 7.33. The molecule has 122 valence electrons. The molecule has 0 unspecified atom stereocenters. The minimum atomic E-state index is -0.413. The maximum atomic E-state index is 12.1. The molecule has 24 heavy (non-hydrogen) atoms. The van der Waals surface area contributed by atoms with Gasteiger partial charge in [-0.1, -0.05) is 24.3 Å². The minimum absolute atomic E-state index is 0.0497. The molecule has 1 amide bonds. The lowest BCUT2D eigenvalue weighted by Crippen LogP contribution is -2.23. The highest BCUT2D eigenvalue weighted by Crippen LogP contribution is 2.14. The molecule has 1 N–H and O–H groups in total. The molecule has 2 aromatic rings. The first kappa shape index (κ1) is 17.1. The summed E-state index contributed by atoms with van der Waals surface area (Å²) in [5, 5.41) is 11.9. The highest BCUT2D eigenvalue weighted by molar-refractivity contribution is 6.01. The highest BCUT2D eigenvalue weighted by atomic mass is 16.5. The molecule has 0 radical (unpaired) electrons. The van der Waals surface area contributed by atoms with Crippen LogP contribution in [0.5, 0.6) is 11.5 Å². The van der Waals surface area contributed by atoms with Crippen molar-refractivity contribution in [2.75, 3.05) is 14.2 Å². The van der Waals surface area contributed by atoms with Crippen LogP contribution in [-0.4, -0.2) is 20.1 Å². The number of rotatable bonds is 6. The fourth-order valence-electron chi connectivity index (χ4n) is 2.04. The number of nitrogens with one attached hydrogen (secondary N) is 1. The average molecular weight is 322 g/mol. The fraction of sp³-hybridized carbons (Fsp3) is 0.158. The van der Waals surface area contributed by atoms with Gasteiger partial charge in [0.05, 0.1) is 14.2 Å². The first-order chi connectivity index (χ1) is 11.7. The number of hydrogen-bond acceptors (Lipinski definition) is 4. The van der Waals surface area contributed by atoms with Gasteiger partial charge >= 0.3 is 0 Å². The van der Waals surface area contributed by atoms with E-state index in [1.807, 2.05) is 30.3 Å². The number of methoxy groups -OCH3 is 2. The Labute approximate surface area is 141 Å². The molecule has 5 nitrogen and oxygen atoms in total. The smallest absolute Gasteiger partial charge is 0.262 e. The highest BCUT2D eigenvalue weighted by Gasteiger charge is 2.09. The number of benzene rings is 2. The summed E-state index contributed by atoms with van der Waals surface area (Å²) in [5.41, 5.74) is 1.73. The van der Waals surface area contributed by atoms with Crippen molar-refractivity contribution in [1.82, 2.24) is 5.32 Å². The van der Waals surface area contributed by atoms with Crippen molar-refractivity contribution in [1.29, 1.82) is 5.26 Å².